The molecule has 0 unspecified atom stereocenters. The number of para-hydroxylation sites is 1. The van der Waals surface area contributed by atoms with Crippen molar-refractivity contribution in [3.63, 3.8) is 0 Å². The second kappa shape index (κ2) is 5.91. The summed E-state index contributed by atoms with van der Waals surface area (Å²) in [4.78, 5) is 30.6. The molecule has 0 atom stereocenters. The SMILES string of the molecule is Cc1ncc(C(=O)Nc2c(C)cccc2C(C)C)c(=O)[nH]1. The van der Waals surface area contributed by atoms with Crippen molar-refractivity contribution in [2.24, 2.45) is 0 Å². The van der Waals surface area contributed by atoms with E-state index in [-0.39, 0.29) is 11.5 Å². The topological polar surface area (TPSA) is 74.8 Å². The Morgan fingerprint density at radius 3 is 2.62 bits per heavy atom. The second-order valence-corrected chi connectivity index (χ2v) is 5.36. The quantitative estimate of drug-likeness (QED) is 0.910. The number of carbonyl (C=O) groups excluding carboxylic acids is 1. The number of nitrogens with one attached hydrogen (secondary N) is 2. The van der Waals surface area contributed by atoms with Gasteiger partial charge in [0, 0.05) is 11.9 Å². The highest BCUT2D eigenvalue weighted by Gasteiger charge is 2.16. The fraction of sp³-hybridized carbons (Fsp3) is 0.312. The van der Waals surface area contributed by atoms with Gasteiger partial charge in [-0.05, 0) is 30.9 Å². The van der Waals surface area contributed by atoms with Crippen LogP contribution in [0, 0.1) is 13.8 Å². The maximum absolute atomic E-state index is 12.3. The lowest BCUT2D eigenvalue weighted by Gasteiger charge is -2.16. The molecule has 5 nitrogen and oxygen atoms in total. The Bertz CT molecular complexity index is 733. The number of benzene rings is 1. The third kappa shape index (κ3) is 3.18. The van der Waals surface area contributed by atoms with Crippen molar-refractivity contribution in [1.82, 2.24) is 9.97 Å². The number of aromatic amines is 1. The number of aryl methyl sites for hydroxylation is 2. The molecule has 0 saturated carbocycles. The molecule has 0 aliphatic heterocycles. The van der Waals surface area contributed by atoms with Crippen LogP contribution in [-0.4, -0.2) is 15.9 Å². The standard InChI is InChI=1S/C16H19N3O2/c1-9(2)12-7-5-6-10(3)14(12)19-16(21)13-8-17-11(4)18-15(13)20/h5-9H,1-4H3,(H,19,21)(H,17,18,20). The molecule has 5 heteroatoms. The van der Waals surface area contributed by atoms with Crippen molar-refractivity contribution < 1.29 is 4.79 Å². The molecule has 2 aromatic rings. The van der Waals surface area contributed by atoms with Crippen molar-refractivity contribution in [3.8, 4) is 0 Å². The van der Waals surface area contributed by atoms with Crippen LogP contribution in [0.2, 0.25) is 0 Å². The molecule has 1 aromatic heterocycles. The average Bonchev–Trinajstić information content (AvgIpc) is 2.40. The van der Waals surface area contributed by atoms with Crippen molar-refractivity contribution in [2.75, 3.05) is 5.32 Å². The van der Waals surface area contributed by atoms with Crippen LogP contribution < -0.4 is 10.9 Å². The van der Waals surface area contributed by atoms with E-state index in [1.807, 2.05) is 25.1 Å². The van der Waals surface area contributed by atoms with Gasteiger partial charge in [-0.3, -0.25) is 9.59 Å². The highest BCUT2D eigenvalue weighted by molar-refractivity contribution is 6.04. The van der Waals surface area contributed by atoms with Gasteiger partial charge in [0.25, 0.3) is 11.5 Å². The summed E-state index contributed by atoms with van der Waals surface area (Å²) >= 11 is 0. The molecule has 1 amide bonds. The molecule has 0 spiro atoms. The van der Waals surface area contributed by atoms with Crippen LogP contribution in [0.1, 0.15) is 47.1 Å². The van der Waals surface area contributed by atoms with Crippen molar-refractivity contribution in [3.05, 3.63) is 57.3 Å². The zero-order chi connectivity index (χ0) is 15.6. The lowest BCUT2D eigenvalue weighted by molar-refractivity contribution is 0.102. The summed E-state index contributed by atoms with van der Waals surface area (Å²) in [5.41, 5.74) is 2.35. The third-order valence-electron chi connectivity index (χ3n) is 3.34. The zero-order valence-electron chi connectivity index (χ0n) is 12.7. The molecular formula is C16H19N3O2. The minimum Gasteiger partial charge on any atom is -0.321 e. The van der Waals surface area contributed by atoms with E-state index in [1.54, 1.807) is 6.92 Å². The van der Waals surface area contributed by atoms with E-state index in [9.17, 15) is 9.59 Å². The van der Waals surface area contributed by atoms with Gasteiger partial charge in [-0.15, -0.1) is 0 Å². The Labute approximate surface area is 123 Å². The van der Waals surface area contributed by atoms with E-state index in [0.717, 1.165) is 16.8 Å². The van der Waals surface area contributed by atoms with Gasteiger partial charge in [0.2, 0.25) is 0 Å². The van der Waals surface area contributed by atoms with E-state index < -0.39 is 11.5 Å². The predicted octanol–water partition coefficient (Wildman–Crippen LogP) is 2.76. The first-order valence-electron chi connectivity index (χ1n) is 6.87. The molecule has 0 aliphatic rings. The molecule has 21 heavy (non-hydrogen) atoms. The summed E-state index contributed by atoms with van der Waals surface area (Å²) in [6.07, 6.45) is 1.30. The fourth-order valence-electron chi connectivity index (χ4n) is 2.17. The molecule has 0 aliphatic carbocycles. The number of H-pyrrole nitrogens is 1. The number of carbonyl (C=O) groups is 1. The van der Waals surface area contributed by atoms with E-state index in [0.29, 0.717) is 5.82 Å². The summed E-state index contributed by atoms with van der Waals surface area (Å²) < 4.78 is 0. The van der Waals surface area contributed by atoms with Crippen LogP contribution in [-0.2, 0) is 0 Å². The maximum Gasteiger partial charge on any atom is 0.263 e. The lowest BCUT2D eigenvalue weighted by atomic mass is 9.98. The Morgan fingerprint density at radius 2 is 2.00 bits per heavy atom. The number of amides is 1. The smallest absolute Gasteiger partial charge is 0.263 e. The maximum atomic E-state index is 12.3. The van der Waals surface area contributed by atoms with Crippen LogP contribution in [0.4, 0.5) is 5.69 Å². The Hall–Kier alpha value is -2.43. The van der Waals surface area contributed by atoms with Crippen LogP contribution in [0.3, 0.4) is 0 Å². The number of nitrogens with zero attached hydrogens (tertiary/aromatic N) is 1. The molecule has 0 radical (unpaired) electrons. The molecule has 2 N–H and O–H groups in total. The normalized spacial score (nSPS) is 10.7. The summed E-state index contributed by atoms with van der Waals surface area (Å²) in [7, 11) is 0. The van der Waals surface area contributed by atoms with E-state index in [4.69, 9.17) is 0 Å². The van der Waals surface area contributed by atoms with E-state index in [1.165, 1.54) is 6.20 Å². The lowest BCUT2D eigenvalue weighted by Crippen LogP contribution is -2.25. The molecule has 1 heterocycles. The van der Waals surface area contributed by atoms with Crippen molar-refractivity contribution in [1.29, 1.82) is 0 Å². The minimum absolute atomic E-state index is 0.0126. The molecule has 2 rings (SSSR count). The molecular weight excluding hydrogens is 266 g/mol. The van der Waals surface area contributed by atoms with Crippen LogP contribution in [0.25, 0.3) is 0 Å². The molecule has 1 aromatic carbocycles. The van der Waals surface area contributed by atoms with Gasteiger partial charge in [-0.2, -0.15) is 0 Å². The molecule has 0 saturated heterocycles. The monoisotopic (exact) mass is 285 g/mol. The van der Waals surface area contributed by atoms with E-state index >= 15 is 0 Å². The number of hydrogen-bond donors (Lipinski definition) is 2. The van der Waals surface area contributed by atoms with Crippen LogP contribution in [0.5, 0.6) is 0 Å². The predicted molar refractivity (Wildman–Crippen MR) is 82.8 cm³/mol. The summed E-state index contributed by atoms with van der Waals surface area (Å²) in [6, 6.07) is 5.87. The highest BCUT2D eigenvalue weighted by Crippen LogP contribution is 2.27. The second-order valence-electron chi connectivity index (χ2n) is 5.36. The number of anilines is 1. The van der Waals surface area contributed by atoms with Gasteiger partial charge in [0.05, 0.1) is 0 Å². The Kier molecular flexibility index (Phi) is 4.21. The van der Waals surface area contributed by atoms with Gasteiger partial charge in [-0.25, -0.2) is 4.98 Å². The van der Waals surface area contributed by atoms with Gasteiger partial charge in [0.15, 0.2) is 0 Å². The summed E-state index contributed by atoms with van der Waals surface area (Å²) in [6.45, 7) is 7.72. The third-order valence-corrected chi connectivity index (χ3v) is 3.34. The van der Waals surface area contributed by atoms with Gasteiger partial charge >= 0.3 is 0 Å². The van der Waals surface area contributed by atoms with Crippen LogP contribution >= 0.6 is 0 Å². The first-order chi connectivity index (χ1) is 9.90. The number of hydrogen-bond acceptors (Lipinski definition) is 3. The summed E-state index contributed by atoms with van der Waals surface area (Å²) in [5, 5.41) is 2.84. The largest absolute Gasteiger partial charge is 0.321 e. The molecule has 110 valence electrons. The van der Waals surface area contributed by atoms with Crippen molar-refractivity contribution >= 4 is 11.6 Å². The number of aromatic nitrogens is 2. The highest BCUT2D eigenvalue weighted by atomic mass is 16.2. The van der Waals surface area contributed by atoms with E-state index in [2.05, 4.69) is 29.1 Å². The fourth-order valence-corrected chi connectivity index (χ4v) is 2.17. The van der Waals surface area contributed by atoms with Gasteiger partial charge in [0.1, 0.15) is 11.4 Å². The van der Waals surface area contributed by atoms with Crippen LogP contribution in [0.15, 0.2) is 29.2 Å². The first-order valence-corrected chi connectivity index (χ1v) is 6.87. The summed E-state index contributed by atoms with van der Waals surface area (Å²) in [5.74, 6) is 0.310. The number of rotatable bonds is 3. The first kappa shape index (κ1) is 15.0. The van der Waals surface area contributed by atoms with Gasteiger partial charge < -0.3 is 10.3 Å². The molecule has 0 fully saturated rings. The average molecular weight is 285 g/mol. The molecule has 0 bridgehead atoms. The van der Waals surface area contributed by atoms with Gasteiger partial charge in [-0.1, -0.05) is 32.0 Å². The zero-order valence-corrected chi connectivity index (χ0v) is 12.7. The Balaban J connectivity index is 2.38. The minimum atomic E-state index is -0.444. The Morgan fingerprint density at radius 1 is 1.29 bits per heavy atom. The van der Waals surface area contributed by atoms with Crippen molar-refractivity contribution in [2.45, 2.75) is 33.6 Å².